The van der Waals surface area contributed by atoms with Gasteiger partial charge >= 0.3 is 6.03 Å². The van der Waals surface area contributed by atoms with Gasteiger partial charge in [-0.05, 0) is 37.5 Å². The molecule has 1 N–H and O–H groups in total. The molecule has 1 aliphatic rings. The Hall–Kier alpha value is -1.62. The summed E-state index contributed by atoms with van der Waals surface area (Å²) in [6, 6.07) is 3.81. The number of aromatic nitrogens is 1. The quantitative estimate of drug-likeness (QED) is 0.645. The number of nitrogens with one attached hydrogen (secondary N) is 1. The second-order valence-electron chi connectivity index (χ2n) is 6.28. The van der Waals surface area contributed by atoms with Gasteiger partial charge in [-0.1, -0.05) is 25.7 Å². The summed E-state index contributed by atoms with van der Waals surface area (Å²) in [6.45, 7) is 3.16. The van der Waals surface area contributed by atoms with Gasteiger partial charge in [0.15, 0.2) is 0 Å². The maximum Gasteiger partial charge on any atom is 0.317 e. The molecule has 1 unspecified atom stereocenters. The molecule has 1 aliphatic carbocycles. The zero-order valence-electron chi connectivity index (χ0n) is 14.3. The van der Waals surface area contributed by atoms with Crippen molar-refractivity contribution >= 4 is 6.03 Å². The molecule has 5 heteroatoms. The molecule has 0 saturated heterocycles. The van der Waals surface area contributed by atoms with E-state index < -0.39 is 0 Å². The SMILES string of the molecule is CC(c1ccncc1)N(C)C(=O)NCCOC1CCCCCC1. The summed E-state index contributed by atoms with van der Waals surface area (Å²) in [5.41, 5.74) is 1.08. The Morgan fingerprint density at radius 3 is 2.61 bits per heavy atom. The number of hydrogen-bond acceptors (Lipinski definition) is 3. The van der Waals surface area contributed by atoms with E-state index in [0.717, 1.165) is 18.4 Å². The third kappa shape index (κ3) is 5.82. The Bertz CT molecular complexity index is 459. The summed E-state index contributed by atoms with van der Waals surface area (Å²) >= 11 is 0. The van der Waals surface area contributed by atoms with E-state index in [1.165, 1.54) is 25.7 Å². The molecule has 1 fully saturated rings. The molecule has 2 amide bonds. The molecule has 5 nitrogen and oxygen atoms in total. The van der Waals surface area contributed by atoms with E-state index >= 15 is 0 Å². The van der Waals surface area contributed by atoms with Crippen LogP contribution < -0.4 is 5.32 Å². The monoisotopic (exact) mass is 319 g/mol. The average molecular weight is 319 g/mol. The normalized spacial score (nSPS) is 17.3. The van der Waals surface area contributed by atoms with Crippen LogP contribution in [0.4, 0.5) is 4.79 Å². The van der Waals surface area contributed by atoms with Crippen LogP contribution in [0, 0.1) is 0 Å². The fraction of sp³-hybridized carbons (Fsp3) is 0.667. The number of rotatable bonds is 6. The lowest BCUT2D eigenvalue weighted by Gasteiger charge is -2.25. The average Bonchev–Trinajstić information content (AvgIpc) is 2.86. The Morgan fingerprint density at radius 1 is 1.30 bits per heavy atom. The van der Waals surface area contributed by atoms with Gasteiger partial charge in [-0.2, -0.15) is 0 Å². The molecule has 1 aromatic rings. The number of carbonyl (C=O) groups excluding carboxylic acids is 1. The molecule has 1 heterocycles. The summed E-state index contributed by atoms with van der Waals surface area (Å²) in [7, 11) is 1.81. The molecule has 2 rings (SSSR count). The molecule has 0 spiro atoms. The molecule has 1 aromatic heterocycles. The van der Waals surface area contributed by atoms with Crippen LogP contribution >= 0.6 is 0 Å². The van der Waals surface area contributed by atoms with Crippen LogP contribution in [0.15, 0.2) is 24.5 Å². The van der Waals surface area contributed by atoms with E-state index in [1.54, 1.807) is 17.3 Å². The van der Waals surface area contributed by atoms with Gasteiger partial charge in [0, 0.05) is 26.0 Å². The fourth-order valence-electron chi connectivity index (χ4n) is 2.96. The summed E-state index contributed by atoms with van der Waals surface area (Å²) in [6.07, 6.45) is 11.4. The van der Waals surface area contributed by atoms with Crippen molar-refractivity contribution in [1.82, 2.24) is 15.2 Å². The van der Waals surface area contributed by atoms with Gasteiger partial charge in [0.05, 0.1) is 18.8 Å². The number of pyridine rings is 1. The van der Waals surface area contributed by atoms with Crippen LogP contribution in [0.2, 0.25) is 0 Å². The minimum Gasteiger partial charge on any atom is -0.376 e. The van der Waals surface area contributed by atoms with Crippen LogP contribution in [0.1, 0.15) is 57.1 Å². The molecule has 0 bridgehead atoms. The summed E-state index contributed by atoms with van der Waals surface area (Å²) in [4.78, 5) is 17.9. The second-order valence-corrected chi connectivity index (χ2v) is 6.28. The smallest absolute Gasteiger partial charge is 0.317 e. The molecule has 128 valence electrons. The number of nitrogens with zero attached hydrogens (tertiary/aromatic N) is 2. The van der Waals surface area contributed by atoms with Gasteiger partial charge in [0.2, 0.25) is 0 Å². The van der Waals surface area contributed by atoms with Crippen molar-refractivity contribution in [2.45, 2.75) is 57.6 Å². The minimum absolute atomic E-state index is 0.0146. The van der Waals surface area contributed by atoms with Crippen molar-refractivity contribution in [3.8, 4) is 0 Å². The zero-order valence-corrected chi connectivity index (χ0v) is 14.3. The van der Waals surface area contributed by atoms with Gasteiger partial charge in [-0.15, -0.1) is 0 Å². The van der Waals surface area contributed by atoms with Gasteiger partial charge in [0.25, 0.3) is 0 Å². The number of carbonyl (C=O) groups is 1. The number of amides is 2. The van der Waals surface area contributed by atoms with Crippen molar-refractivity contribution in [2.75, 3.05) is 20.2 Å². The maximum absolute atomic E-state index is 12.2. The van der Waals surface area contributed by atoms with Gasteiger partial charge in [-0.25, -0.2) is 4.79 Å². The standard InChI is InChI=1S/C18H29N3O2/c1-15(16-9-11-19-12-10-16)21(2)18(22)20-13-14-23-17-7-5-3-4-6-8-17/h9-12,15,17H,3-8,13-14H2,1-2H3,(H,20,22). The van der Waals surface area contributed by atoms with Crippen molar-refractivity contribution in [1.29, 1.82) is 0 Å². The first kappa shape index (κ1) is 17.7. The van der Waals surface area contributed by atoms with E-state index in [1.807, 2.05) is 26.1 Å². The van der Waals surface area contributed by atoms with E-state index in [9.17, 15) is 4.79 Å². The fourth-order valence-corrected chi connectivity index (χ4v) is 2.96. The van der Waals surface area contributed by atoms with E-state index in [0.29, 0.717) is 19.3 Å². The third-order valence-electron chi connectivity index (χ3n) is 4.62. The Balaban J connectivity index is 1.67. The molecule has 1 saturated carbocycles. The first-order valence-corrected chi connectivity index (χ1v) is 8.70. The highest BCUT2D eigenvalue weighted by Crippen LogP contribution is 2.19. The van der Waals surface area contributed by atoms with Crippen LogP contribution in [-0.4, -0.2) is 42.2 Å². The highest BCUT2D eigenvalue weighted by atomic mass is 16.5. The lowest BCUT2D eigenvalue weighted by Crippen LogP contribution is -2.40. The Labute approximate surface area is 139 Å². The van der Waals surface area contributed by atoms with E-state index in [-0.39, 0.29) is 12.1 Å². The number of hydrogen-bond donors (Lipinski definition) is 1. The number of ether oxygens (including phenoxy) is 1. The number of urea groups is 1. The highest BCUT2D eigenvalue weighted by molar-refractivity contribution is 5.74. The largest absolute Gasteiger partial charge is 0.376 e. The summed E-state index contributed by atoms with van der Waals surface area (Å²) < 4.78 is 5.90. The molecule has 0 aliphatic heterocycles. The lowest BCUT2D eigenvalue weighted by atomic mass is 10.1. The van der Waals surface area contributed by atoms with Gasteiger partial charge < -0.3 is 15.0 Å². The van der Waals surface area contributed by atoms with E-state index in [2.05, 4.69) is 10.3 Å². The third-order valence-corrected chi connectivity index (χ3v) is 4.62. The van der Waals surface area contributed by atoms with E-state index in [4.69, 9.17) is 4.74 Å². The molecule has 23 heavy (non-hydrogen) atoms. The van der Waals surface area contributed by atoms with Gasteiger partial charge in [0.1, 0.15) is 0 Å². The van der Waals surface area contributed by atoms with Crippen LogP contribution in [0.3, 0.4) is 0 Å². The zero-order chi connectivity index (χ0) is 16.5. The summed E-state index contributed by atoms with van der Waals surface area (Å²) in [5, 5.41) is 2.93. The lowest BCUT2D eigenvalue weighted by molar-refractivity contribution is 0.0454. The molecular weight excluding hydrogens is 290 g/mol. The second kappa shape index (κ2) is 9.50. The van der Waals surface area contributed by atoms with Crippen molar-refractivity contribution < 1.29 is 9.53 Å². The molecular formula is C18H29N3O2. The van der Waals surface area contributed by atoms with Crippen LogP contribution in [0.5, 0.6) is 0 Å². The predicted molar refractivity (Wildman–Crippen MR) is 91.3 cm³/mol. The molecule has 1 atom stereocenters. The first-order valence-electron chi connectivity index (χ1n) is 8.70. The summed E-state index contributed by atoms with van der Waals surface area (Å²) in [5.74, 6) is 0. The minimum atomic E-state index is -0.0706. The van der Waals surface area contributed by atoms with Crippen LogP contribution in [-0.2, 0) is 4.74 Å². The van der Waals surface area contributed by atoms with Crippen LogP contribution in [0.25, 0.3) is 0 Å². The molecule has 0 radical (unpaired) electrons. The van der Waals surface area contributed by atoms with Crippen molar-refractivity contribution in [3.63, 3.8) is 0 Å². The van der Waals surface area contributed by atoms with Crippen molar-refractivity contribution in [3.05, 3.63) is 30.1 Å². The highest BCUT2D eigenvalue weighted by Gasteiger charge is 2.17. The first-order chi connectivity index (χ1) is 11.2. The Kier molecular flexibility index (Phi) is 7.33. The maximum atomic E-state index is 12.2. The topological polar surface area (TPSA) is 54.5 Å². The van der Waals surface area contributed by atoms with Gasteiger partial charge in [-0.3, -0.25) is 4.98 Å². The Morgan fingerprint density at radius 2 is 1.96 bits per heavy atom. The van der Waals surface area contributed by atoms with Crippen molar-refractivity contribution in [2.24, 2.45) is 0 Å². The predicted octanol–water partition coefficient (Wildman–Crippen LogP) is 3.52. The molecule has 0 aromatic carbocycles.